The number of pyridine rings is 1. The summed E-state index contributed by atoms with van der Waals surface area (Å²) in [6, 6.07) is 20.2. The molecule has 1 heterocycles. The third-order valence-electron chi connectivity index (χ3n) is 5.38. The summed E-state index contributed by atoms with van der Waals surface area (Å²) in [7, 11) is 0. The summed E-state index contributed by atoms with van der Waals surface area (Å²) < 4.78 is 6.01. The fraction of sp³-hybridized carbons (Fsp3) is 0.357. The second-order valence-electron chi connectivity index (χ2n) is 8.04. The quantitative estimate of drug-likeness (QED) is 0.276. The zero-order chi connectivity index (χ0) is 23.3. The minimum Gasteiger partial charge on any atom is -0.481 e. The molecule has 1 atom stereocenters. The lowest BCUT2D eigenvalue weighted by molar-refractivity contribution is -0.137. The summed E-state index contributed by atoms with van der Waals surface area (Å²) >= 11 is 0. The Morgan fingerprint density at radius 2 is 1.76 bits per heavy atom. The van der Waals surface area contributed by atoms with Gasteiger partial charge >= 0.3 is 5.97 Å². The monoisotopic (exact) mass is 445 g/mol. The number of hydrogen-bond acceptors (Lipinski definition) is 4. The number of para-hydroxylation sites is 1. The van der Waals surface area contributed by atoms with Gasteiger partial charge in [-0.1, -0.05) is 48.5 Å². The van der Waals surface area contributed by atoms with E-state index in [4.69, 9.17) is 9.84 Å². The average molecular weight is 446 g/mol. The van der Waals surface area contributed by atoms with Crippen LogP contribution in [-0.2, 0) is 11.2 Å². The van der Waals surface area contributed by atoms with Crippen LogP contribution in [0.2, 0.25) is 0 Å². The number of aromatic nitrogens is 1. The van der Waals surface area contributed by atoms with Gasteiger partial charge in [0.15, 0.2) is 0 Å². The summed E-state index contributed by atoms with van der Waals surface area (Å²) in [5.74, 6) is 5.54. The van der Waals surface area contributed by atoms with Crippen molar-refractivity contribution in [1.82, 2.24) is 4.98 Å². The summed E-state index contributed by atoms with van der Waals surface area (Å²) in [6.07, 6.45) is 4.69. The molecule has 0 amide bonds. The molecule has 2 aromatic carbocycles. The van der Waals surface area contributed by atoms with Crippen molar-refractivity contribution in [2.75, 3.05) is 6.61 Å². The number of aliphatic hydroxyl groups is 1. The molecule has 5 nitrogen and oxygen atoms in total. The van der Waals surface area contributed by atoms with Gasteiger partial charge in [-0.05, 0) is 49.8 Å². The Morgan fingerprint density at radius 3 is 2.58 bits per heavy atom. The van der Waals surface area contributed by atoms with Gasteiger partial charge in [-0.3, -0.25) is 4.79 Å². The Morgan fingerprint density at radius 1 is 0.970 bits per heavy atom. The van der Waals surface area contributed by atoms with Crippen molar-refractivity contribution in [2.45, 2.75) is 57.5 Å². The number of rotatable bonds is 12. The highest BCUT2D eigenvalue weighted by atomic mass is 16.5. The smallest absolute Gasteiger partial charge is 0.303 e. The largest absolute Gasteiger partial charge is 0.481 e. The van der Waals surface area contributed by atoms with Crippen LogP contribution in [0.4, 0.5) is 0 Å². The van der Waals surface area contributed by atoms with Gasteiger partial charge in [0.1, 0.15) is 0 Å². The topological polar surface area (TPSA) is 79.7 Å². The van der Waals surface area contributed by atoms with Crippen LogP contribution in [0.25, 0.3) is 10.9 Å². The summed E-state index contributed by atoms with van der Waals surface area (Å²) in [5, 5.41) is 20.4. The normalized spacial score (nSPS) is 11.5. The maximum absolute atomic E-state index is 10.8. The molecule has 5 heteroatoms. The van der Waals surface area contributed by atoms with E-state index in [1.807, 2.05) is 36.4 Å². The Balaban J connectivity index is 1.56. The average Bonchev–Trinajstić information content (AvgIpc) is 2.83. The predicted octanol–water partition coefficient (Wildman–Crippen LogP) is 5.71. The number of aliphatic carboxylic acids is 1. The first-order valence-corrected chi connectivity index (χ1v) is 11.6. The summed E-state index contributed by atoms with van der Waals surface area (Å²) in [4.78, 5) is 15.2. The SMILES string of the molecule is O=C(O)CCCC#CCC(O)c1cc2ccccc2nc1OCCCCCc1ccccc1. The number of unbranched alkanes of at least 4 members (excludes halogenated alkanes) is 3. The molecular formula is C28H31NO4. The third-order valence-corrected chi connectivity index (χ3v) is 5.38. The molecule has 0 aliphatic carbocycles. The van der Waals surface area contributed by atoms with Crippen molar-refractivity contribution in [3.63, 3.8) is 0 Å². The minimum absolute atomic E-state index is 0.106. The Labute approximate surface area is 195 Å². The van der Waals surface area contributed by atoms with Crippen molar-refractivity contribution in [3.05, 3.63) is 71.8 Å². The maximum atomic E-state index is 10.8. The fourth-order valence-electron chi connectivity index (χ4n) is 3.59. The third kappa shape index (κ3) is 8.25. The number of carboxylic acids is 1. The van der Waals surface area contributed by atoms with Crippen LogP contribution < -0.4 is 4.74 Å². The van der Waals surface area contributed by atoms with Crippen molar-refractivity contribution < 1.29 is 19.7 Å². The van der Waals surface area contributed by atoms with Crippen LogP contribution in [0, 0.1) is 11.8 Å². The van der Waals surface area contributed by atoms with Gasteiger partial charge in [0.05, 0.1) is 18.2 Å². The van der Waals surface area contributed by atoms with E-state index in [0.29, 0.717) is 30.9 Å². The Bertz CT molecular complexity index is 1090. The summed E-state index contributed by atoms with van der Waals surface area (Å²) in [6.45, 7) is 0.542. The van der Waals surface area contributed by atoms with Gasteiger partial charge < -0.3 is 14.9 Å². The van der Waals surface area contributed by atoms with Crippen LogP contribution >= 0.6 is 0 Å². The molecule has 3 aromatic rings. The van der Waals surface area contributed by atoms with Crippen molar-refractivity contribution in [1.29, 1.82) is 0 Å². The number of aliphatic hydroxyl groups excluding tert-OH is 1. The molecule has 1 unspecified atom stereocenters. The number of aryl methyl sites for hydroxylation is 1. The molecule has 0 radical (unpaired) electrons. The van der Waals surface area contributed by atoms with Crippen LogP contribution in [0.1, 0.15) is 62.2 Å². The van der Waals surface area contributed by atoms with Gasteiger partial charge in [-0.2, -0.15) is 0 Å². The number of fused-ring (bicyclic) bond motifs is 1. The second kappa shape index (κ2) is 13.2. The first-order valence-electron chi connectivity index (χ1n) is 11.6. The molecule has 3 rings (SSSR count). The van der Waals surface area contributed by atoms with Gasteiger partial charge in [0.2, 0.25) is 5.88 Å². The highest BCUT2D eigenvalue weighted by Crippen LogP contribution is 2.29. The lowest BCUT2D eigenvalue weighted by Crippen LogP contribution is -2.06. The van der Waals surface area contributed by atoms with Crippen LogP contribution in [0.15, 0.2) is 60.7 Å². The Hall–Kier alpha value is -3.36. The van der Waals surface area contributed by atoms with E-state index in [0.717, 1.165) is 36.6 Å². The molecule has 1 aromatic heterocycles. The minimum atomic E-state index is -0.819. The number of carboxylic acid groups (broad SMARTS) is 1. The second-order valence-corrected chi connectivity index (χ2v) is 8.04. The lowest BCUT2D eigenvalue weighted by atomic mass is 10.1. The van der Waals surface area contributed by atoms with Crippen LogP contribution in [0.3, 0.4) is 0 Å². The van der Waals surface area contributed by atoms with Crippen molar-refractivity contribution in [3.8, 4) is 17.7 Å². The fourth-order valence-corrected chi connectivity index (χ4v) is 3.59. The van der Waals surface area contributed by atoms with E-state index in [2.05, 4.69) is 41.1 Å². The van der Waals surface area contributed by atoms with Crippen LogP contribution in [0.5, 0.6) is 5.88 Å². The molecule has 172 valence electrons. The standard InChI is InChI=1S/C28H31NO4/c30-26(18-8-1-2-9-19-27(31)32)24-21-23-16-10-11-17-25(23)29-28(24)33-20-12-4-7-15-22-13-5-3-6-14-22/h3,5-6,10-11,13-14,16-17,21,26,30H,2,4,7,9,12,15,18-20H2,(H,31,32). The number of nitrogens with zero attached hydrogens (tertiary/aromatic N) is 1. The Kier molecular flexibility index (Phi) is 9.75. The molecule has 33 heavy (non-hydrogen) atoms. The van der Waals surface area contributed by atoms with Gasteiger partial charge in [0, 0.05) is 30.2 Å². The highest BCUT2D eigenvalue weighted by molar-refractivity contribution is 5.80. The molecule has 0 aliphatic rings. The molecule has 0 fully saturated rings. The van der Waals surface area contributed by atoms with E-state index in [-0.39, 0.29) is 12.8 Å². The zero-order valence-corrected chi connectivity index (χ0v) is 18.9. The first kappa shape index (κ1) is 24.3. The molecule has 0 saturated heterocycles. The number of hydrogen-bond donors (Lipinski definition) is 2. The predicted molar refractivity (Wildman–Crippen MR) is 130 cm³/mol. The zero-order valence-electron chi connectivity index (χ0n) is 18.9. The van der Waals surface area contributed by atoms with E-state index in [9.17, 15) is 9.90 Å². The maximum Gasteiger partial charge on any atom is 0.303 e. The molecular weight excluding hydrogens is 414 g/mol. The first-order chi connectivity index (χ1) is 16.1. The van der Waals surface area contributed by atoms with E-state index < -0.39 is 12.1 Å². The van der Waals surface area contributed by atoms with Gasteiger partial charge in [0.25, 0.3) is 0 Å². The van der Waals surface area contributed by atoms with Gasteiger partial charge in [-0.25, -0.2) is 4.98 Å². The lowest BCUT2D eigenvalue weighted by Gasteiger charge is -2.15. The molecule has 0 bridgehead atoms. The van der Waals surface area contributed by atoms with Gasteiger partial charge in [-0.15, -0.1) is 11.8 Å². The van der Waals surface area contributed by atoms with Crippen LogP contribution in [-0.4, -0.2) is 27.8 Å². The molecule has 0 aliphatic heterocycles. The van der Waals surface area contributed by atoms with Crippen molar-refractivity contribution >= 4 is 16.9 Å². The molecule has 0 spiro atoms. The summed E-state index contributed by atoms with van der Waals surface area (Å²) in [5.41, 5.74) is 2.81. The number of benzene rings is 2. The van der Waals surface area contributed by atoms with E-state index in [1.54, 1.807) is 0 Å². The van der Waals surface area contributed by atoms with Crippen molar-refractivity contribution in [2.24, 2.45) is 0 Å². The number of carbonyl (C=O) groups is 1. The molecule has 2 N–H and O–H groups in total. The number of ether oxygens (including phenoxy) is 1. The van der Waals surface area contributed by atoms with E-state index in [1.165, 1.54) is 5.56 Å². The van der Waals surface area contributed by atoms with E-state index >= 15 is 0 Å². The molecule has 0 saturated carbocycles. The highest BCUT2D eigenvalue weighted by Gasteiger charge is 2.16.